The number of carboxylic acid groups (broad SMARTS) is 1. The fraction of sp³-hybridized carbons (Fsp3) is 0.222. The molecule has 2 aromatic rings. The zero-order valence-electron chi connectivity index (χ0n) is 9.04. The van der Waals surface area contributed by atoms with E-state index in [-0.39, 0.29) is 11.7 Å². The third-order valence-electron chi connectivity index (χ3n) is 2.01. The number of nitrogens with zero attached hydrogens (tertiary/aromatic N) is 3. The number of anilines is 1. The molecule has 96 valence electrons. The van der Waals surface area contributed by atoms with Gasteiger partial charge in [-0.2, -0.15) is 0 Å². The van der Waals surface area contributed by atoms with Crippen LogP contribution in [0.1, 0.15) is 4.88 Å². The molecule has 2 rings (SSSR count). The standard InChI is InChI=1S/C9H9BrN4O2S2/c10-6-2-1-5(18-6)3-14-8(11)12-13-9(14)17-4-7(15)16/h1-2H,3-4H2,(H2,11,12)(H,15,16). The van der Waals surface area contributed by atoms with Crippen molar-refractivity contribution in [1.29, 1.82) is 0 Å². The van der Waals surface area contributed by atoms with E-state index >= 15 is 0 Å². The molecule has 0 saturated heterocycles. The summed E-state index contributed by atoms with van der Waals surface area (Å²) in [4.78, 5) is 11.6. The fourth-order valence-electron chi connectivity index (χ4n) is 1.27. The predicted octanol–water partition coefficient (Wildman–Crippen LogP) is 1.91. The fourth-order valence-corrected chi connectivity index (χ4v) is 3.41. The van der Waals surface area contributed by atoms with Gasteiger partial charge in [0.25, 0.3) is 0 Å². The van der Waals surface area contributed by atoms with Crippen molar-refractivity contribution in [1.82, 2.24) is 14.8 Å². The van der Waals surface area contributed by atoms with Gasteiger partial charge in [0.1, 0.15) is 0 Å². The van der Waals surface area contributed by atoms with Gasteiger partial charge in [-0.15, -0.1) is 21.5 Å². The van der Waals surface area contributed by atoms with Crippen LogP contribution in [0.15, 0.2) is 21.1 Å². The molecule has 6 nitrogen and oxygen atoms in total. The topological polar surface area (TPSA) is 94.0 Å². The summed E-state index contributed by atoms with van der Waals surface area (Å²) in [6, 6.07) is 3.92. The van der Waals surface area contributed by atoms with E-state index in [1.54, 1.807) is 15.9 Å². The average molecular weight is 349 g/mol. The largest absolute Gasteiger partial charge is 0.481 e. The van der Waals surface area contributed by atoms with Crippen molar-refractivity contribution in [3.05, 3.63) is 20.8 Å². The third kappa shape index (κ3) is 3.24. The van der Waals surface area contributed by atoms with Gasteiger partial charge >= 0.3 is 5.97 Å². The minimum Gasteiger partial charge on any atom is -0.481 e. The molecule has 0 bridgehead atoms. The number of carboxylic acids is 1. The molecule has 0 radical (unpaired) electrons. The average Bonchev–Trinajstić information content (AvgIpc) is 2.85. The van der Waals surface area contributed by atoms with Crippen LogP contribution >= 0.6 is 39.0 Å². The number of halogens is 1. The zero-order valence-corrected chi connectivity index (χ0v) is 12.3. The molecule has 0 saturated carbocycles. The molecule has 0 aliphatic rings. The molecule has 0 aromatic carbocycles. The van der Waals surface area contributed by atoms with E-state index in [9.17, 15) is 4.79 Å². The number of thiophene rings is 1. The van der Waals surface area contributed by atoms with E-state index < -0.39 is 5.97 Å². The maximum atomic E-state index is 10.5. The van der Waals surface area contributed by atoms with Crippen LogP contribution in [0.3, 0.4) is 0 Å². The van der Waals surface area contributed by atoms with Gasteiger partial charge in [-0.25, -0.2) is 0 Å². The SMILES string of the molecule is Nc1nnc(SCC(=O)O)n1Cc1ccc(Br)s1. The molecule has 0 amide bonds. The van der Waals surface area contributed by atoms with Crippen LogP contribution in [-0.2, 0) is 11.3 Å². The van der Waals surface area contributed by atoms with Crippen molar-refractivity contribution in [2.75, 3.05) is 11.5 Å². The number of thioether (sulfide) groups is 1. The van der Waals surface area contributed by atoms with Crippen LogP contribution in [0, 0.1) is 0 Å². The smallest absolute Gasteiger partial charge is 0.313 e. The molecule has 0 fully saturated rings. The number of hydrogen-bond donors (Lipinski definition) is 2. The predicted molar refractivity (Wildman–Crippen MR) is 73.9 cm³/mol. The van der Waals surface area contributed by atoms with Crippen molar-refractivity contribution in [3.63, 3.8) is 0 Å². The minimum atomic E-state index is -0.896. The third-order valence-corrected chi connectivity index (χ3v) is 4.57. The Balaban J connectivity index is 2.16. The monoisotopic (exact) mass is 348 g/mol. The zero-order chi connectivity index (χ0) is 13.1. The summed E-state index contributed by atoms with van der Waals surface area (Å²) < 4.78 is 2.73. The molecule has 9 heteroatoms. The van der Waals surface area contributed by atoms with Crippen LogP contribution in [0.5, 0.6) is 0 Å². The van der Waals surface area contributed by atoms with Crippen molar-refractivity contribution in [3.8, 4) is 0 Å². The van der Waals surface area contributed by atoms with E-state index in [4.69, 9.17) is 10.8 Å². The quantitative estimate of drug-likeness (QED) is 0.801. The van der Waals surface area contributed by atoms with E-state index in [0.29, 0.717) is 11.7 Å². The molecule has 18 heavy (non-hydrogen) atoms. The van der Waals surface area contributed by atoms with E-state index in [2.05, 4.69) is 26.1 Å². The second kappa shape index (κ2) is 5.72. The van der Waals surface area contributed by atoms with Crippen LogP contribution < -0.4 is 5.73 Å². The molecule has 3 N–H and O–H groups in total. The van der Waals surface area contributed by atoms with Gasteiger partial charge in [0.15, 0.2) is 5.16 Å². The van der Waals surface area contributed by atoms with Crippen molar-refractivity contribution in [2.45, 2.75) is 11.7 Å². The van der Waals surface area contributed by atoms with Gasteiger partial charge in [0, 0.05) is 4.88 Å². The number of nitrogen functional groups attached to an aromatic ring is 1. The molecule has 0 atom stereocenters. The number of rotatable bonds is 5. The number of nitrogens with two attached hydrogens (primary N) is 1. The maximum Gasteiger partial charge on any atom is 0.313 e. The van der Waals surface area contributed by atoms with Crippen molar-refractivity contribution in [2.24, 2.45) is 0 Å². The van der Waals surface area contributed by atoms with E-state index in [1.165, 1.54) is 0 Å². The van der Waals surface area contributed by atoms with Crippen LogP contribution in [0.4, 0.5) is 5.95 Å². The molecule has 0 spiro atoms. The van der Waals surface area contributed by atoms with Crippen LogP contribution in [0.2, 0.25) is 0 Å². The first-order valence-corrected chi connectivity index (χ1v) is 7.43. The van der Waals surface area contributed by atoms with E-state index in [0.717, 1.165) is 20.4 Å². The van der Waals surface area contributed by atoms with Crippen LogP contribution in [0.25, 0.3) is 0 Å². The van der Waals surface area contributed by atoms with Gasteiger partial charge < -0.3 is 10.8 Å². The van der Waals surface area contributed by atoms with Gasteiger partial charge in [-0.05, 0) is 28.1 Å². The summed E-state index contributed by atoms with van der Waals surface area (Å²) >= 11 is 6.08. The molecule has 0 aliphatic carbocycles. The highest BCUT2D eigenvalue weighted by atomic mass is 79.9. The Morgan fingerprint density at radius 2 is 2.33 bits per heavy atom. The number of hydrogen-bond acceptors (Lipinski definition) is 6. The number of aliphatic carboxylic acids is 1. The molecular formula is C9H9BrN4O2S2. The Morgan fingerprint density at radius 3 is 2.94 bits per heavy atom. The number of aromatic nitrogens is 3. The summed E-state index contributed by atoms with van der Waals surface area (Å²) in [6.07, 6.45) is 0. The lowest BCUT2D eigenvalue weighted by Crippen LogP contribution is -2.06. The van der Waals surface area contributed by atoms with Crippen molar-refractivity contribution < 1.29 is 9.90 Å². The first kappa shape index (κ1) is 13.4. The van der Waals surface area contributed by atoms with Crippen LogP contribution in [-0.4, -0.2) is 31.6 Å². The molecule has 0 aliphatic heterocycles. The van der Waals surface area contributed by atoms with Gasteiger partial charge in [-0.1, -0.05) is 11.8 Å². The summed E-state index contributed by atoms with van der Waals surface area (Å²) in [5.41, 5.74) is 5.72. The maximum absolute atomic E-state index is 10.5. The van der Waals surface area contributed by atoms with E-state index in [1.807, 2.05) is 12.1 Å². The Hall–Kier alpha value is -1.06. The lowest BCUT2D eigenvalue weighted by Gasteiger charge is -2.05. The van der Waals surface area contributed by atoms with Gasteiger partial charge in [-0.3, -0.25) is 9.36 Å². The Bertz CT molecular complexity index is 569. The summed E-state index contributed by atoms with van der Waals surface area (Å²) in [6.45, 7) is 0.539. The first-order chi connectivity index (χ1) is 8.56. The first-order valence-electron chi connectivity index (χ1n) is 4.83. The Morgan fingerprint density at radius 1 is 1.56 bits per heavy atom. The minimum absolute atomic E-state index is 0.0632. The number of carbonyl (C=O) groups is 1. The molecule has 2 aromatic heterocycles. The van der Waals surface area contributed by atoms with Gasteiger partial charge in [0.05, 0.1) is 16.1 Å². The normalized spacial score (nSPS) is 10.7. The lowest BCUT2D eigenvalue weighted by atomic mass is 10.4. The molecule has 0 unspecified atom stereocenters. The molecular weight excluding hydrogens is 340 g/mol. The Kier molecular flexibility index (Phi) is 4.25. The summed E-state index contributed by atoms with van der Waals surface area (Å²) in [5, 5.41) is 16.8. The second-order valence-corrected chi connectivity index (χ2v) is 6.81. The highest BCUT2D eigenvalue weighted by molar-refractivity contribution is 9.11. The highest BCUT2D eigenvalue weighted by Crippen LogP contribution is 2.25. The Labute approximate surface area is 119 Å². The lowest BCUT2D eigenvalue weighted by molar-refractivity contribution is -0.133. The highest BCUT2D eigenvalue weighted by Gasteiger charge is 2.12. The second-order valence-electron chi connectivity index (χ2n) is 3.32. The summed E-state index contributed by atoms with van der Waals surface area (Å²) in [5.74, 6) is -0.675. The molecule has 2 heterocycles. The van der Waals surface area contributed by atoms with Gasteiger partial charge in [0.2, 0.25) is 5.95 Å². The summed E-state index contributed by atoms with van der Waals surface area (Å²) in [7, 11) is 0. The van der Waals surface area contributed by atoms with Crippen molar-refractivity contribution >= 4 is 50.9 Å².